The summed E-state index contributed by atoms with van der Waals surface area (Å²) >= 11 is 2.84. The summed E-state index contributed by atoms with van der Waals surface area (Å²) in [5.41, 5.74) is 1.64. The maximum Gasteiger partial charge on any atom is 0.225 e. The Morgan fingerprint density at radius 1 is 0.909 bits per heavy atom. The minimum Gasteiger partial charge on any atom is -0.302 e. The summed E-state index contributed by atoms with van der Waals surface area (Å²) < 4.78 is 1.91. The molecule has 0 aliphatic rings. The number of nitrogens with zero attached hydrogens (tertiary/aromatic N) is 2. The molecule has 2 aromatic heterocycles. The van der Waals surface area contributed by atoms with E-state index >= 15 is 0 Å². The fourth-order valence-corrected chi connectivity index (χ4v) is 3.67. The fraction of sp³-hybridized carbons (Fsp3) is 0.286. The van der Waals surface area contributed by atoms with Crippen LogP contribution in [-0.4, -0.2) is 21.8 Å². The Labute approximate surface area is 134 Å². The van der Waals surface area contributed by atoms with E-state index in [1.807, 2.05) is 12.1 Å². The summed E-state index contributed by atoms with van der Waals surface area (Å²) in [6, 6.07) is 3.87. The van der Waals surface area contributed by atoms with Crippen molar-refractivity contribution >= 4 is 65.2 Å². The van der Waals surface area contributed by atoms with E-state index in [-0.39, 0.29) is 11.8 Å². The van der Waals surface area contributed by atoms with Gasteiger partial charge in [0.15, 0.2) is 10.3 Å². The molecular weight excluding hydrogens is 320 g/mol. The van der Waals surface area contributed by atoms with Crippen LogP contribution in [-0.2, 0) is 9.59 Å². The van der Waals surface area contributed by atoms with E-state index in [1.54, 1.807) is 13.8 Å². The molecule has 0 unspecified atom stereocenters. The van der Waals surface area contributed by atoms with Crippen LogP contribution in [0, 0.1) is 0 Å². The maximum absolute atomic E-state index is 11.4. The molecule has 2 amide bonds. The third-order valence-electron chi connectivity index (χ3n) is 3.03. The average molecular weight is 334 g/mol. The van der Waals surface area contributed by atoms with Crippen LogP contribution in [0.25, 0.3) is 20.4 Å². The average Bonchev–Trinajstić information content (AvgIpc) is 3.05. The Kier molecular flexibility index (Phi) is 4.04. The number of carbonyl (C=O) groups excluding carboxylic acids is 2. The van der Waals surface area contributed by atoms with E-state index in [2.05, 4.69) is 20.6 Å². The molecule has 2 N–H and O–H groups in total. The number of anilines is 2. The molecule has 1 aromatic carbocycles. The lowest BCUT2D eigenvalue weighted by Crippen LogP contribution is -2.08. The summed E-state index contributed by atoms with van der Waals surface area (Å²) in [6.45, 7) is 3.60. The lowest BCUT2D eigenvalue weighted by Gasteiger charge is -1.95. The number of aromatic nitrogens is 2. The van der Waals surface area contributed by atoms with Crippen molar-refractivity contribution in [2.24, 2.45) is 0 Å². The molecule has 3 rings (SSSR count). The number of hydrogen-bond donors (Lipinski definition) is 2. The van der Waals surface area contributed by atoms with Gasteiger partial charge in [0.25, 0.3) is 0 Å². The van der Waals surface area contributed by atoms with Crippen LogP contribution in [0.1, 0.15) is 26.7 Å². The summed E-state index contributed by atoms with van der Waals surface area (Å²) in [5.74, 6) is -0.105. The van der Waals surface area contributed by atoms with Gasteiger partial charge in [-0.05, 0) is 12.1 Å². The summed E-state index contributed by atoms with van der Waals surface area (Å²) in [4.78, 5) is 31.7. The monoisotopic (exact) mass is 334 g/mol. The Balaban J connectivity index is 1.94. The van der Waals surface area contributed by atoms with E-state index < -0.39 is 0 Å². The second kappa shape index (κ2) is 5.98. The predicted molar refractivity (Wildman–Crippen MR) is 90.6 cm³/mol. The van der Waals surface area contributed by atoms with E-state index in [4.69, 9.17) is 0 Å². The van der Waals surface area contributed by atoms with E-state index in [0.717, 1.165) is 20.4 Å². The summed E-state index contributed by atoms with van der Waals surface area (Å²) in [6.07, 6.45) is 0.847. The molecule has 0 saturated carbocycles. The number of benzene rings is 1. The Morgan fingerprint density at radius 3 is 1.68 bits per heavy atom. The van der Waals surface area contributed by atoms with E-state index in [9.17, 15) is 9.59 Å². The SMILES string of the molecule is CCC(=O)Nc1nc2cc3sc(NC(=O)CC)nc3cc2s1. The van der Waals surface area contributed by atoms with Gasteiger partial charge in [-0.2, -0.15) is 0 Å². The van der Waals surface area contributed by atoms with Gasteiger partial charge in [-0.15, -0.1) is 0 Å². The molecule has 0 bridgehead atoms. The van der Waals surface area contributed by atoms with Gasteiger partial charge in [-0.1, -0.05) is 36.5 Å². The molecule has 8 heteroatoms. The van der Waals surface area contributed by atoms with Gasteiger partial charge in [0.2, 0.25) is 11.8 Å². The van der Waals surface area contributed by atoms with Crippen molar-refractivity contribution in [3.63, 3.8) is 0 Å². The number of amides is 2. The van der Waals surface area contributed by atoms with Crippen molar-refractivity contribution in [1.82, 2.24) is 9.97 Å². The summed E-state index contributed by atoms with van der Waals surface area (Å²) in [5, 5.41) is 6.73. The molecule has 114 valence electrons. The normalized spacial score (nSPS) is 11.0. The van der Waals surface area contributed by atoms with Crippen molar-refractivity contribution in [3.05, 3.63) is 12.1 Å². The van der Waals surface area contributed by atoms with Crippen molar-refractivity contribution < 1.29 is 9.59 Å². The van der Waals surface area contributed by atoms with Crippen LogP contribution in [0.15, 0.2) is 12.1 Å². The molecule has 0 atom stereocenters. The quantitative estimate of drug-likeness (QED) is 0.763. The molecule has 2 heterocycles. The number of carbonyl (C=O) groups is 2. The van der Waals surface area contributed by atoms with Crippen LogP contribution in [0.3, 0.4) is 0 Å². The second-order valence-corrected chi connectivity index (χ2v) is 6.69. The molecule has 0 aliphatic carbocycles. The minimum atomic E-state index is -0.0523. The molecule has 0 spiro atoms. The maximum atomic E-state index is 11.4. The van der Waals surface area contributed by atoms with E-state index in [0.29, 0.717) is 23.1 Å². The molecule has 0 fully saturated rings. The fourth-order valence-electron chi connectivity index (χ4n) is 1.87. The topological polar surface area (TPSA) is 84.0 Å². The lowest BCUT2D eigenvalue weighted by molar-refractivity contribution is -0.116. The first-order valence-corrected chi connectivity index (χ1v) is 8.53. The molecule has 0 aliphatic heterocycles. The number of thiazole rings is 2. The molecule has 22 heavy (non-hydrogen) atoms. The molecular formula is C14H14N4O2S2. The van der Waals surface area contributed by atoms with Crippen LogP contribution >= 0.6 is 22.7 Å². The molecule has 0 saturated heterocycles. The third kappa shape index (κ3) is 2.93. The largest absolute Gasteiger partial charge is 0.302 e. The van der Waals surface area contributed by atoms with Crippen LogP contribution in [0.2, 0.25) is 0 Å². The zero-order chi connectivity index (χ0) is 15.7. The Morgan fingerprint density at radius 2 is 1.32 bits per heavy atom. The molecule has 6 nitrogen and oxygen atoms in total. The van der Waals surface area contributed by atoms with Gasteiger partial charge >= 0.3 is 0 Å². The number of nitrogens with one attached hydrogen (secondary N) is 2. The first kappa shape index (κ1) is 14.9. The third-order valence-corrected chi connectivity index (χ3v) is 4.90. The highest BCUT2D eigenvalue weighted by Gasteiger charge is 2.11. The lowest BCUT2D eigenvalue weighted by atomic mass is 10.3. The zero-order valence-electron chi connectivity index (χ0n) is 12.1. The number of hydrogen-bond acceptors (Lipinski definition) is 6. The zero-order valence-corrected chi connectivity index (χ0v) is 13.7. The van der Waals surface area contributed by atoms with Crippen molar-refractivity contribution in [1.29, 1.82) is 0 Å². The number of fused-ring (bicyclic) bond motifs is 2. The first-order valence-electron chi connectivity index (χ1n) is 6.90. The Bertz CT molecular complexity index is 750. The van der Waals surface area contributed by atoms with Gasteiger partial charge in [-0.3, -0.25) is 9.59 Å². The van der Waals surface area contributed by atoms with Gasteiger partial charge < -0.3 is 10.6 Å². The first-order chi connectivity index (χ1) is 10.6. The smallest absolute Gasteiger partial charge is 0.225 e. The highest BCUT2D eigenvalue weighted by Crippen LogP contribution is 2.33. The van der Waals surface area contributed by atoms with Crippen LogP contribution in [0.4, 0.5) is 10.3 Å². The van der Waals surface area contributed by atoms with Crippen LogP contribution in [0.5, 0.6) is 0 Å². The highest BCUT2D eigenvalue weighted by molar-refractivity contribution is 7.23. The molecule has 0 radical (unpaired) electrons. The highest BCUT2D eigenvalue weighted by atomic mass is 32.1. The van der Waals surface area contributed by atoms with Crippen molar-refractivity contribution in [2.45, 2.75) is 26.7 Å². The minimum absolute atomic E-state index is 0.0523. The van der Waals surface area contributed by atoms with Gasteiger partial charge in [0.1, 0.15) is 0 Å². The molecule has 3 aromatic rings. The Hall–Kier alpha value is -2.06. The van der Waals surface area contributed by atoms with Crippen molar-refractivity contribution in [3.8, 4) is 0 Å². The second-order valence-electron chi connectivity index (χ2n) is 4.63. The standard InChI is InChI=1S/C14H14N4O2S2/c1-3-11(19)17-13-15-7-5-10-8(6-9(7)21-13)16-14(22-10)18-12(20)4-2/h5-6H,3-4H2,1-2H3,(H,15,17,19)(H,16,18,20). The number of rotatable bonds is 4. The van der Waals surface area contributed by atoms with E-state index in [1.165, 1.54) is 22.7 Å². The van der Waals surface area contributed by atoms with Crippen molar-refractivity contribution in [2.75, 3.05) is 10.6 Å². The van der Waals surface area contributed by atoms with Gasteiger partial charge in [0.05, 0.1) is 20.4 Å². The van der Waals surface area contributed by atoms with Crippen LogP contribution < -0.4 is 10.6 Å². The van der Waals surface area contributed by atoms with Gasteiger partial charge in [0, 0.05) is 12.8 Å². The van der Waals surface area contributed by atoms with Gasteiger partial charge in [-0.25, -0.2) is 9.97 Å². The summed E-state index contributed by atoms with van der Waals surface area (Å²) in [7, 11) is 0. The predicted octanol–water partition coefficient (Wildman–Crippen LogP) is 3.60.